The summed E-state index contributed by atoms with van der Waals surface area (Å²) in [7, 11) is 5.34. The highest BCUT2D eigenvalue weighted by Gasteiger charge is 2.24. The van der Waals surface area contributed by atoms with Gasteiger partial charge in [0.1, 0.15) is 18.8 Å². The molecule has 0 aromatic heterocycles. The Kier molecular flexibility index (Phi) is 15.0. The fourth-order valence-corrected chi connectivity index (χ4v) is 2.95. The molecule has 166 valence electrons. The van der Waals surface area contributed by atoms with E-state index in [2.05, 4.69) is 6.92 Å². The van der Waals surface area contributed by atoms with Gasteiger partial charge in [-0.2, -0.15) is 0 Å². The summed E-state index contributed by atoms with van der Waals surface area (Å²) in [5.41, 5.74) is 0. The number of ether oxygens (including phenoxy) is 2. The molecule has 0 aliphatic rings. The molecule has 2 atom stereocenters. The predicted octanol–water partition coefficient (Wildman–Crippen LogP) is 1.65. The smallest absolute Gasteiger partial charge is 0.305 e. The zero-order valence-electron chi connectivity index (χ0n) is 18.3. The number of rotatable bonds is 18. The van der Waals surface area contributed by atoms with E-state index in [0.29, 0.717) is 6.42 Å². The van der Waals surface area contributed by atoms with E-state index in [1.807, 2.05) is 0 Å². The number of unbranched alkanes of at least 4 members (excludes halogenated alkanes) is 7. The Morgan fingerprint density at radius 3 is 2.07 bits per heavy atom. The Balaban J connectivity index is 3.68. The molecule has 0 aromatic carbocycles. The largest absolute Gasteiger partial charge is 0.544 e. The molecule has 2 unspecified atom stereocenters. The number of aliphatic carboxylic acids is 1. The molecule has 0 spiro atoms. The highest BCUT2D eigenvalue weighted by molar-refractivity contribution is 5.69. The minimum atomic E-state index is -1.12. The van der Waals surface area contributed by atoms with Crippen LogP contribution < -0.4 is 5.11 Å². The zero-order chi connectivity index (χ0) is 21.4. The third kappa shape index (κ3) is 14.8. The maximum absolute atomic E-state index is 11.7. The molecule has 0 aromatic rings. The van der Waals surface area contributed by atoms with Crippen LogP contribution in [0.2, 0.25) is 0 Å². The van der Waals surface area contributed by atoms with Gasteiger partial charge in [0, 0.05) is 12.8 Å². The van der Waals surface area contributed by atoms with Gasteiger partial charge in [0.2, 0.25) is 0 Å². The van der Waals surface area contributed by atoms with Gasteiger partial charge in [-0.15, -0.1) is 0 Å². The molecule has 0 aliphatic carbocycles. The fourth-order valence-electron chi connectivity index (χ4n) is 2.95. The molecule has 28 heavy (non-hydrogen) atoms. The molecule has 0 rings (SSSR count). The van der Waals surface area contributed by atoms with Crippen LogP contribution in [0, 0.1) is 0 Å². The molecule has 0 saturated carbocycles. The number of aliphatic hydroxyl groups is 1. The SMILES string of the molecule is CCCCCCCCCCC(=O)OCC(O)COCCC(C(=O)[O-])[N+](C)(C)C. The van der Waals surface area contributed by atoms with Crippen LogP contribution in [0.25, 0.3) is 0 Å². The van der Waals surface area contributed by atoms with E-state index in [4.69, 9.17) is 9.47 Å². The second-order valence-corrected chi connectivity index (χ2v) is 8.38. The van der Waals surface area contributed by atoms with Crippen molar-refractivity contribution >= 4 is 11.9 Å². The number of carboxylic acid groups (broad SMARTS) is 1. The molecule has 7 nitrogen and oxygen atoms in total. The van der Waals surface area contributed by atoms with Gasteiger partial charge in [0.15, 0.2) is 0 Å². The predicted molar refractivity (Wildman–Crippen MR) is 106 cm³/mol. The number of aliphatic hydroxyl groups excluding tert-OH is 1. The van der Waals surface area contributed by atoms with Gasteiger partial charge in [-0.3, -0.25) is 4.79 Å². The highest BCUT2D eigenvalue weighted by Crippen LogP contribution is 2.10. The van der Waals surface area contributed by atoms with Crippen LogP contribution in [-0.4, -0.2) is 74.6 Å². The van der Waals surface area contributed by atoms with Gasteiger partial charge in [-0.25, -0.2) is 0 Å². The van der Waals surface area contributed by atoms with E-state index < -0.39 is 18.1 Å². The quantitative estimate of drug-likeness (QED) is 0.212. The number of hydrogen-bond donors (Lipinski definition) is 1. The first-order valence-electron chi connectivity index (χ1n) is 10.6. The van der Waals surface area contributed by atoms with Crippen molar-refractivity contribution < 1.29 is 33.8 Å². The van der Waals surface area contributed by atoms with Crippen molar-refractivity contribution in [3.05, 3.63) is 0 Å². The van der Waals surface area contributed by atoms with Gasteiger partial charge in [-0.1, -0.05) is 51.9 Å². The highest BCUT2D eigenvalue weighted by atomic mass is 16.5. The molecular formula is C21H41NO6. The van der Waals surface area contributed by atoms with Crippen molar-refractivity contribution in [2.45, 2.75) is 83.3 Å². The van der Waals surface area contributed by atoms with Crippen molar-refractivity contribution in [2.24, 2.45) is 0 Å². The van der Waals surface area contributed by atoms with Crippen LogP contribution >= 0.6 is 0 Å². The minimum absolute atomic E-state index is 0.00193. The summed E-state index contributed by atoms with van der Waals surface area (Å²) in [6, 6.07) is -0.679. The van der Waals surface area contributed by atoms with Crippen LogP contribution in [0.5, 0.6) is 0 Å². The summed E-state index contributed by atoms with van der Waals surface area (Å²) in [5.74, 6) is -1.42. The van der Waals surface area contributed by atoms with Gasteiger partial charge in [0.25, 0.3) is 0 Å². The van der Waals surface area contributed by atoms with Gasteiger partial charge in [-0.05, 0) is 6.42 Å². The molecule has 1 N–H and O–H groups in total. The van der Waals surface area contributed by atoms with E-state index in [1.54, 1.807) is 21.1 Å². The van der Waals surface area contributed by atoms with Crippen LogP contribution in [0.4, 0.5) is 0 Å². The summed E-state index contributed by atoms with van der Waals surface area (Å²) < 4.78 is 10.6. The lowest BCUT2D eigenvalue weighted by molar-refractivity contribution is -0.889. The van der Waals surface area contributed by atoms with Crippen LogP contribution in [0.1, 0.15) is 71.1 Å². The number of carboxylic acids is 1. The topological polar surface area (TPSA) is 95.9 Å². The van der Waals surface area contributed by atoms with Crippen molar-refractivity contribution in [1.82, 2.24) is 0 Å². The van der Waals surface area contributed by atoms with Crippen molar-refractivity contribution in [3.63, 3.8) is 0 Å². The Bertz CT molecular complexity index is 422. The number of carbonyl (C=O) groups excluding carboxylic acids is 2. The summed E-state index contributed by atoms with van der Waals surface area (Å²) in [4.78, 5) is 22.8. The summed E-state index contributed by atoms with van der Waals surface area (Å²) >= 11 is 0. The molecule has 0 aliphatic heterocycles. The van der Waals surface area contributed by atoms with Gasteiger partial charge >= 0.3 is 5.97 Å². The van der Waals surface area contributed by atoms with E-state index in [-0.39, 0.29) is 36.7 Å². The molecule has 7 heteroatoms. The fraction of sp³-hybridized carbons (Fsp3) is 0.905. The lowest BCUT2D eigenvalue weighted by Crippen LogP contribution is -2.55. The second-order valence-electron chi connectivity index (χ2n) is 8.38. The molecule has 0 heterocycles. The maximum atomic E-state index is 11.7. The average Bonchev–Trinajstić information content (AvgIpc) is 2.60. The number of quaternary nitrogens is 1. The Morgan fingerprint density at radius 1 is 0.964 bits per heavy atom. The first kappa shape index (κ1) is 26.8. The third-order valence-corrected chi connectivity index (χ3v) is 4.72. The minimum Gasteiger partial charge on any atom is -0.544 e. The monoisotopic (exact) mass is 403 g/mol. The van der Waals surface area contributed by atoms with Crippen molar-refractivity contribution in [2.75, 3.05) is 41.0 Å². The molecule has 0 fully saturated rings. The molecular weight excluding hydrogens is 362 g/mol. The first-order valence-corrected chi connectivity index (χ1v) is 10.6. The number of nitrogens with zero attached hydrogens (tertiary/aromatic N) is 1. The Labute approximate surface area is 170 Å². The van der Waals surface area contributed by atoms with Crippen molar-refractivity contribution in [3.8, 4) is 0 Å². The van der Waals surface area contributed by atoms with E-state index >= 15 is 0 Å². The van der Waals surface area contributed by atoms with Crippen molar-refractivity contribution in [1.29, 1.82) is 0 Å². The number of esters is 1. The lowest BCUT2D eigenvalue weighted by atomic mass is 10.1. The summed E-state index contributed by atoms with van der Waals surface area (Å²) in [6.45, 7) is 2.29. The van der Waals surface area contributed by atoms with Crippen LogP contribution in [0.15, 0.2) is 0 Å². The molecule has 0 radical (unpaired) electrons. The Hall–Kier alpha value is -1.18. The molecule has 0 amide bonds. The lowest BCUT2D eigenvalue weighted by Gasteiger charge is -2.34. The van der Waals surface area contributed by atoms with Crippen LogP contribution in [-0.2, 0) is 19.1 Å². The number of likely N-dealkylation sites (N-methyl/N-ethyl adjacent to an activating group) is 1. The number of hydrogen-bond acceptors (Lipinski definition) is 6. The normalized spacial score (nSPS) is 13.9. The second kappa shape index (κ2) is 15.7. The molecule has 0 bridgehead atoms. The molecule has 0 saturated heterocycles. The average molecular weight is 404 g/mol. The van der Waals surface area contributed by atoms with E-state index in [9.17, 15) is 19.8 Å². The standard InChI is InChI=1S/C21H41NO6/c1-5-6-7-8-9-10-11-12-13-20(24)28-17-18(23)16-27-15-14-19(21(25)26)22(2,3)4/h18-19,23H,5-17H2,1-4H3. The van der Waals surface area contributed by atoms with Gasteiger partial charge in [0.05, 0.1) is 40.3 Å². The summed E-state index contributed by atoms with van der Waals surface area (Å²) in [5, 5.41) is 21.0. The zero-order valence-corrected chi connectivity index (χ0v) is 18.3. The van der Waals surface area contributed by atoms with Gasteiger partial charge < -0.3 is 29.0 Å². The van der Waals surface area contributed by atoms with Crippen LogP contribution in [0.3, 0.4) is 0 Å². The van der Waals surface area contributed by atoms with E-state index in [1.165, 1.54) is 32.1 Å². The van der Waals surface area contributed by atoms with E-state index in [0.717, 1.165) is 19.3 Å². The Morgan fingerprint density at radius 2 is 1.54 bits per heavy atom. The third-order valence-electron chi connectivity index (χ3n) is 4.72. The summed E-state index contributed by atoms with van der Waals surface area (Å²) in [6.07, 6.45) is 9.07. The maximum Gasteiger partial charge on any atom is 0.305 e. The first-order chi connectivity index (χ1) is 13.2. The number of carbonyl (C=O) groups is 2.